The van der Waals surface area contributed by atoms with Gasteiger partial charge in [0.05, 0.1) is 0 Å². The van der Waals surface area contributed by atoms with Gasteiger partial charge in [-0.15, -0.1) is 0 Å². The number of carbonyl (C=O) groups is 1. The summed E-state index contributed by atoms with van der Waals surface area (Å²) in [4.78, 5) is 10.4. The highest BCUT2D eigenvalue weighted by Gasteiger charge is 1.97. The maximum Gasteiger partial charge on any atom is 0.303 e. The summed E-state index contributed by atoms with van der Waals surface area (Å²) >= 11 is 0. The molecule has 0 aliphatic carbocycles. The van der Waals surface area contributed by atoms with E-state index in [1.165, 1.54) is 154 Å². The quantitative estimate of drug-likeness (QED) is 0.0923. The van der Waals surface area contributed by atoms with Gasteiger partial charge >= 0.3 is 5.97 Å². The van der Waals surface area contributed by atoms with E-state index in [0.29, 0.717) is 6.42 Å². The van der Waals surface area contributed by atoms with Gasteiger partial charge in [-0.3, -0.25) is 4.79 Å². The lowest BCUT2D eigenvalue weighted by Crippen LogP contribution is -1.93. The van der Waals surface area contributed by atoms with Crippen LogP contribution in [0.5, 0.6) is 0 Å². The molecular formula is C31H60O2. The smallest absolute Gasteiger partial charge is 0.303 e. The Balaban J connectivity index is 3.06. The van der Waals surface area contributed by atoms with Gasteiger partial charge in [-0.2, -0.15) is 0 Å². The second-order valence-corrected chi connectivity index (χ2v) is 10.3. The van der Waals surface area contributed by atoms with Gasteiger partial charge in [0.1, 0.15) is 0 Å². The average Bonchev–Trinajstić information content (AvgIpc) is 2.80. The highest BCUT2D eigenvalue weighted by molar-refractivity contribution is 5.66. The number of hydrogen-bond donors (Lipinski definition) is 1. The summed E-state index contributed by atoms with van der Waals surface area (Å²) in [6.07, 6.45) is 40.5. The molecule has 0 saturated heterocycles. The molecule has 33 heavy (non-hydrogen) atoms. The second-order valence-electron chi connectivity index (χ2n) is 10.3. The van der Waals surface area contributed by atoms with Crippen molar-refractivity contribution in [3.63, 3.8) is 0 Å². The Labute approximate surface area is 208 Å². The zero-order valence-electron chi connectivity index (χ0n) is 22.6. The predicted octanol–water partition coefficient (Wildman–Crippen LogP) is 11.2. The standard InChI is InChI=1S/C31H60O2/c1-2-3-4-5-6-7-8-9-10-11-12-13-14-15-16-17-18-19-20-21-22-23-24-25-26-27-28-29-30-31(32)33/h9-10H,2-8,11-30H2,1H3,(H,32,33)/b10-9-. The molecule has 2 nitrogen and oxygen atoms in total. The lowest BCUT2D eigenvalue weighted by molar-refractivity contribution is -0.137. The van der Waals surface area contributed by atoms with E-state index >= 15 is 0 Å². The molecule has 0 amide bonds. The fourth-order valence-electron chi connectivity index (χ4n) is 4.65. The SMILES string of the molecule is CCCCCCCC/C=C\CCCCCCCCCCCCCCCCCCCCC(=O)O. The van der Waals surface area contributed by atoms with Crippen molar-refractivity contribution in [2.75, 3.05) is 0 Å². The van der Waals surface area contributed by atoms with Crippen molar-refractivity contribution < 1.29 is 9.90 Å². The molecule has 0 aliphatic heterocycles. The second kappa shape index (κ2) is 29.2. The molecule has 0 aromatic rings. The Kier molecular flexibility index (Phi) is 28.5. The number of carboxylic acids is 1. The van der Waals surface area contributed by atoms with Crippen LogP contribution >= 0.6 is 0 Å². The lowest BCUT2D eigenvalue weighted by atomic mass is 10.0. The lowest BCUT2D eigenvalue weighted by Gasteiger charge is -2.04. The van der Waals surface area contributed by atoms with Crippen molar-refractivity contribution in [1.29, 1.82) is 0 Å². The molecule has 2 heteroatoms. The van der Waals surface area contributed by atoms with E-state index in [4.69, 9.17) is 5.11 Å². The van der Waals surface area contributed by atoms with Crippen LogP contribution in [0, 0.1) is 0 Å². The van der Waals surface area contributed by atoms with E-state index in [9.17, 15) is 4.79 Å². The van der Waals surface area contributed by atoms with Crippen LogP contribution in [0.4, 0.5) is 0 Å². The molecule has 1 N–H and O–H groups in total. The first-order valence-electron chi connectivity index (χ1n) is 15.1. The maximum absolute atomic E-state index is 10.4. The van der Waals surface area contributed by atoms with E-state index < -0.39 is 5.97 Å². The third kappa shape index (κ3) is 31.2. The van der Waals surface area contributed by atoms with Crippen LogP contribution in [0.2, 0.25) is 0 Å². The Morgan fingerprint density at radius 2 is 0.727 bits per heavy atom. The zero-order chi connectivity index (χ0) is 24.1. The number of hydrogen-bond acceptors (Lipinski definition) is 1. The third-order valence-electron chi connectivity index (χ3n) is 6.90. The van der Waals surface area contributed by atoms with Gasteiger partial charge in [-0.25, -0.2) is 0 Å². The van der Waals surface area contributed by atoms with Crippen LogP contribution < -0.4 is 0 Å². The van der Waals surface area contributed by atoms with E-state index in [1.54, 1.807) is 0 Å². The first-order valence-corrected chi connectivity index (χ1v) is 15.1. The van der Waals surface area contributed by atoms with E-state index in [2.05, 4.69) is 19.1 Å². The van der Waals surface area contributed by atoms with Crippen LogP contribution in [0.15, 0.2) is 12.2 Å². The van der Waals surface area contributed by atoms with Gasteiger partial charge in [0.15, 0.2) is 0 Å². The van der Waals surface area contributed by atoms with Gasteiger partial charge in [-0.1, -0.05) is 154 Å². The molecule has 0 unspecified atom stereocenters. The fourth-order valence-corrected chi connectivity index (χ4v) is 4.65. The first-order chi connectivity index (χ1) is 16.3. The minimum atomic E-state index is -0.650. The van der Waals surface area contributed by atoms with Crippen molar-refractivity contribution >= 4 is 5.97 Å². The van der Waals surface area contributed by atoms with Crippen molar-refractivity contribution in [2.24, 2.45) is 0 Å². The minimum Gasteiger partial charge on any atom is -0.481 e. The van der Waals surface area contributed by atoms with Gasteiger partial charge in [-0.05, 0) is 32.1 Å². The number of aliphatic carboxylic acids is 1. The van der Waals surface area contributed by atoms with Crippen LogP contribution in [0.25, 0.3) is 0 Å². The molecule has 0 bridgehead atoms. The Morgan fingerprint density at radius 1 is 0.455 bits per heavy atom. The van der Waals surface area contributed by atoms with Crippen LogP contribution in [-0.4, -0.2) is 11.1 Å². The van der Waals surface area contributed by atoms with Gasteiger partial charge in [0, 0.05) is 6.42 Å². The Morgan fingerprint density at radius 3 is 1.03 bits per heavy atom. The van der Waals surface area contributed by atoms with Crippen molar-refractivity contribution in [3.8, 4) is 0 Å². The van der Waals surface area contributed by atoms with Gasteiger partial charge < -0.3 is 5.11 Å². The topological polar surface area (TPSA) is 37.3 Å². The molecule has 0 heterocycles. The molecule has 0 rings (SSSR count). The number of allylic oxidation sites excluding steroid dienone is 2. The minimum absolute atomic E-state index is 0.344. The number of carboxylic acid groups (broad SMARTS) is 1. The monoisotopic (exact) mass is 464 g/mol. The third-order valence-corrected chi connectivity index (χ3v) is 6.90. The van der Waals surface area contributed by atoms with Crippen molar-refractivity contribution in [2.45, 2.75) is 180 Å². The predicted molar refractivity (Wildman–Crippen MR) is 147 cm³/mol. The fraction of sp³-hybridized carbons (Fsp3) is 0.903. The molecule has 0 aliphatic rings. The summed E-state index contributed by atoms with van der Waals surface area (Å²) in [5, 5.41) is 8.61. The molecule has 196 valence electrons. The molecule has 0 atom stereocenters. The summed E-state index contributed by atoms with van der Waals surface area (Å²) in [5.41, 5.74) is 0. The first kappa shape index (κ1) is 32.2. The molecule has 0 saturated carbocycles. The number of unbranched alkanes of at least 4 members (excludes halogenated alkanes) is 24. The van der Waals surface area contributed by atoms with E-state index in [0.717, 1.165) is 12.8 Å². The van der Waals surface area contributed by atoms with E-state index in [-0.39, 0.29) is 0 Å². The molecule has 0 radical (unpaired) electrons. The normalized spacial score (nSPS) is 11.5. The van der Waals surface area contributed by atoms with Crippen LogP contribution in [0.1, 0.15) is 180 Å². The van der Waals surface area contributed by atoms with Gasteiger partial charge in [0.2, 0.25) is 0 Å². The molecule has 0 aromatic heterocycles. The van der Waals surface area contributed by atoms with Crippen LogP contribution in [-0.2, 0) is 4.79 Å². The summed E-state index contributed by atoms with van der Waals surface area (Å²) in [6.45, 7) is 2.29. The highest BCUT2D eigenvalue weighted by Crippen LogP contribution is 2.15. The zero-order valence-corrected chi connectivity index (χ0v) is 22.6. The maximum atomic E-state index is 10.4. The summed E-state index contributed by atoms with van der Waals surface area (Å²) < 4.78 is 0. The summed E-state index contributed by atoms with van der Waals surface area (Å²) in [6, 6.07) is 0. The number of rotatable bonds is 28. The molecule has 0 spiro atoms. The van der Waals surface area contributed by atoms with Gasteiger partial charge in [0.25, 0.3) is 0 Å². The van der Waals surface area contributed by atoms with Crippen molar-refractivity contribution in [3.05, 3.63) is 12.2 Å². The van der Waals surface area contributed by atoms with E-state index in [1.807, 2.05) is 0 Å². The van der Waals surface area contributed by atoms with Crippen molar-refractivity contribution in [1.82, 2.24) is 0 Å². The molecular weight excluding hydrogens is 404 g/mol. The Bertz CT molecular complexity index is 402. The largest absolute Gasteiger partial charge is 0.481 e. The van der Waals surface area contributed by atoms with Crippen LogP contribution in [0.3, 0.4) is 0 Å². The average molecular weight is 465 g/mol. The molecule has 0 fully saturated rings. The molecule has 0 aromatic carbocycles. The summed E-state index contributed by atoms with van der Waals surface area (Å²) in [5.74, 6) is -0.650. The highest BCUT2D eigenvalue weighted by atomic mass is 16.4. The Hall–Kier alpha value is -0.790. The summed E-state index contributed by atoms with van der Waals surface area (Å²) in [7, 11) is 0.